The highest BCUT2D eigenvalue weighted by Gasteiger charge is 2.28. The number of carbonyl (C=O) groups is 1. The van der Waals surface area contributed by atoms with E-state index in [2.05, 4.69) is 20.1 Å². The fourth-order valence-electron chi connectivity index (χ4n) is 3.95. The summed E-state index contributed by atoms with van der Waals surface area (Å²) in [7, 11) is 0. The first kappa shape index (κ1) is 19.3. The van der Waals surface area contributed by atoms with E-state index in [-0.39, 0.29) is 17.6 Å². The predicted molar refractivity (Wildman–Crippen MR) is 113 cm³/mol. The number of aromatic nitrogens is 5. The van der Waals surface area contributed by atoms with Crippen molar-refractivity contribution in [2.75, 3.05) is 13.1 Å². The van der Waals surface area contributed by atoms with Crippen LogP contribution in [0.2, 0.25) is 0 Å². The van der Waals surface area contributed by atoms with Gasteiger partial charge in [-0.1, -0.05) is 12.1 Å². The van der Waals surface area contributed by atoms with Gasteiger partial charge in [-0.3, -0.25) is 9.78 Å². The van der Waals surface area contributed by atoms with Crippen molar-refractivity contribution in [3.05, 3.63) is 78.0 Å². The zero-order valence-corrected chi connectivity index (χ0v) is 17.1. The summed E-state index contributed by atoms with van der Waals surface area (Å²) in [5, 5.41) is 4.67. The lowest BCUT2D eigenvalue weighted by molar-refractivity contribution is 0.0698. The van der Waals surface area contributed by atoms with Gasteiger partial charge in [-0.15, -0.1) is 0 Å². The van der Waals surface area contributed by atoms with Crippen molar-refractivity contribution in [1.29, 1.82) is 0 Å². The molecule has 1 aromatic carbocycles. The molecule has 4 heterocycles. The number of fused-ring (bicyclic) bond motifs is 1. The molecule has 1 amide bonds. The molecule has 7 nitrogen and oxygen atoms in total. The van der Waals surface area contributed by atoms with Crippen LogP contribution in [0.25, 0.3) is 16.8 Å². The molecule has 0 bridgehead atoms. The van der Waals surface area contributed by atoms with Crippen molar-refractivity contribution < 1.29 is 9.18 Å². The fourth-order valence-corrected chi connectivity index (χ4v) is 3.95. The number of benzene rings is 1. The molecule has 1 saturated heterocycles. The minimum absolute atomic E-state index is 0.0497. The first-order valence-corrected chi connectivity index (χ1v) is 10.3. The Hall–Kier alpha value is -3.68. The monoisotopic (exact) mass is 416 g/mol. The van der Waals surface area contributed by atoms with Gasteiger partial charge in [0.25, 0.3) is 5.91 Å². The van der Waals surface area contributed by atoms with Gasteiger partial charge in [-0.25, -0.2) is 18.9 Å². The van der Waals surface area contributed by atoms with Crippen molar-refractivity contribution in [2.45, 2.75) is 25.7 Å². The molecule has 156 valence electrons. The SMILES string of the molecule is Cc1cnc(C(=O)N2CCCC(c3nc4ccc(-c5cccc(F)c5)cn4n3)C2)cn1. The van der Waals surface area contributed by atoms with Crippen LogP contribution in [0.4, 0.5) is 4.39 Å². The lowest BCUT2D eigenvalue weighted by Gasteiger charge is -2.31. The Morgan fingerprint density at radius 1 is 1.13 bits per heavy atom. The molecule has 0 N–H and O–H groups in total. The van der Waals surface area contributed by atoms with Crippen molar-refractivity contribution >= 4 is 11.6 Å². The van der Waals surface area contributed by atoms with Gasteiger partial charge in [0.05, 0.1) is 11.9 Å². The Kier molecular flexibility index (Phi) is 4.89. The van der Waals surface area contributed by atoms with Crippen molar-refractivity contribution in [2.24, 2.45) is 0 Å². The van der Waals surface area contributed by atoms with Crippen molar-refractivity contribution in [1.82, 2.24) is 29.5 Å². The average Bonchev–Trinajstić information content (AvgIpc) is 3.23. The summed E-state index contributed by atoms with van der Waals surface area (Å²) in [5.41, 5.74) is 3.51. The first-order valence-electron chi connectivity index (χ1n) is 10.3. The van der Waals surface area contributed by atoms with E-state index in [0.29, 0.717) is 24.6 Å². The molecule has 0 spiro atoms. The van der Waals surface area contributed by atoms with Crippen LogP contribution in [0.3, 0.4) is 0 Å². The van der Waals surface area contributed by atoms with E-state index >= 15 is 0 Å². The molecule has 31 heavy (non-hydrogen) atoms. The molecule has 8 heteroatoms. The second-order valence-corrected chi connectivity index (χ2v) is 7.83. The van der Waals surface area contributed by atoms with Gasteiger partial charge in [0.2, 0.25) is 0 Å². The molecule has 4 aromatic rings. The van der Waals surface area contributed by atoms with Gasteiger partial charge in [0, 0.05) is 37.0 Å². The summed E-state index contributed by atoms with van der Waals surface area (Å²) < 4.78 is 15.3. The summed E-state index contributed by atoms with van der Waals surface area (Å²) >= 11 is 0. The lowest BCUT2D eigenvalue weighted by atomic mass is 9.97. The van der Waals surface area contributed by atoms with Crippen LogP contribution < -0.4 is 0 Å². The van der Waals surface area contributed by atoms with Gasteiger partial charge >= 0.3 is 0 Å². The molecular formula is C23H21FN6O. The molecular weight excluding hydrogens is 395 g/mol. The van der Waals surface area contributed by atoms with Gasteiger partial charge in [0.15, 0.2) is 11.5 Å². The van der Waals surface area contributed by atoms with E-state index in [1.54, 1.807) is 21.7 Å². The number of likely N-dealkylation sites (tertiary alicyclic amines) is 1. The lowest BCUT2D eigenvalue weighted by Crippen LogP contribution is -2.39. The number of carbonyl (C=O) groups excluding carboxylic acids is 1. The molecule has 1 unspecified atom stereocenters. The Morgan fingerprint density at radius 2 is 2.03 bits per heavy atom. The number of pyridine rings is 1. The second kappa shape index (κ2) is 7.86. The van der Waals surface area contributed by atoms with E-state index in [0.717, 1.165) is 35.3 Å². The molecule has 1 fully saturated rings. The van der Waals surface area contributed by atoms with Crippen LogP contribution >= 0.6 is 0 Å². The van der Waals surface area contributed by atoms with E-state index in [9.17, 15) is 9.18 Å². The maximum atomic E-state index is 13.6. The molecule has 0 aliphatic carbocycles. The predicted octanol–water partition coefficient (Wildman–Crippen LogP) is 3.65. The van der Waals surface area contributed by atoms with Crippen LogP contribution in [-0.4, -0.2) is 48.5 Å². The number of halogens is 1. The van der Waals surface area contributed by atoms with E-state index in [1.165, 1.54) is 18.3 Å². The Labute approximate surface area is 178 Å². The normalized spacial score (nSPS) is 16.6. The summed E-state index contributed by atoms with van der Waals surface area (Å²) in [6.45, 7) is 3.07. The van der Waals surface area contributed by atoms with Crippen LogP contribution in [0.15, 0.2) is 55.0 Å². The van der Waals surface area contributed by atoms with Gasteiger partial charge in [-0.2, -0.15) is 5.10 Å². The Bertz CT molecular complexity index is 1250. The van der Waals surface area contributed by atoms with Crippen LogP contribution in [0.5, 0.6) is 0 Å². The third-order valence-corrected chi connectivity index (χ3v) is 5.58. The summed E-state index contributed by atoms with van der Waals surface area (Å²) in [4.78, 5) is 27.7. The second-order valence-electron chi connectivity index (χ2n) is 7.83. The number of nitrogens with zero attached hydrogens (tertiary/aromatic N) is 6. The summed E-state index contributed by atoms with van der Waals surface area (Å²) in [6, 6.07) is 10.3. The van der Waals surface area contributed by atoms with Gasteiger partial charge < -0.3 is 4.90 Å². The summed E-state index contributed by atoms with van der Waals surface area (Å²) in [6.07, 6.45) is 6.78. The largest absolute Gasteiger partial charge is 0.337 e. The summed E-state index contributed by atoms with van der Waals surface area (Å²) in [5.74, 6) is 0.369. The molecule has 5 rings (SSSR count). The molecule has 1 atom stereocenters. The minimum atomic E-state index is -0.276. The molecule has 3 aromatic heterocycles. The van der Waals surface area contributed by atoms with Crippen molar-refractivity contribution in [3.63, 3.8) is 0 Å². The van der Waals surface area contributed by atoms with Crippen LogP contribution in [-0.2, 0) is 0 Å². The third kappa shape index (κ3) is 3.88. The Balaban J connectivity index is 1.38. The quantitative estimate of drug-likeness (QED) is 0.510. The van der Waals surface area contributed by atoms with Gasteiger partial charge in [0.1, 0.15) is 11.5 Å². The third-order valence-electron chi connectivity index (χ3n) is 5.58. The molecule has 0 radical (unpaired) electrons. The standard InChI is InChI=1S/C23H21FN6O/c1-15-11-26-20(12-25-15)23(31)29-9-3-5-18(13-29)22-27-21-8-7-17(14-30(21)28-22)16-4-2-6-19(24)10-16/h2,4,6-8,10-12,14,18H,3,5,9,13H2,1H3. The number of amides is 1. The zero-order valence-electron chi connectivity index (χ0n) is 17.1. The topological polar surface area (TPSA) is 76.3 Å². The number of aryl methyl sites for hydroxylation is 1. The Morgan fingerprint density at radius 3 is 2.84 bits per heavy atom. The smallest absolute Gasteiger partial charge is 0.274 e. The van der Waals surface area contributed by atoms with Gasteiger partial charge in [-0.05, 0) is 49.6 Å². The number of hydrogen-bond acceptors (Lipinski definition) is 5. The van der Waals surface area contributed by atoms with E-state index in [4.69, 9.17) is 0 Å². The van der Waals surface area contributed by atoms with E-state index < -0.39 is 0 Å². The number of piperidine rings is 1. The fraction of sp³-hybridized carbons (Fsp3) is 0.261. The number of hydrogen-bond donors (Lipinski definition) is 0. The highest BCUT2D eigenvalue weighted by molar-refractivity contribution is 5.92. The maximum absolute atomic E-state index is 13.6. The minimum Gasteiger partial charge on any atom is -0.337 e. The first-order chi connectivity index (χ1) is 15.1. The zero-order chi connectivity index (χ0) is 21.4. The number of rotatable bonds is 3. The maximum Gasteiger partial charge on any atom is 0.274 e. The van der Waals surface area contributed by atoms with Crippen LogP contribution in [0, 0.1) is 12.7 Å². The van der Waals surface area contributed by atoms with Crippen molar-refractivity contribution in [3.8, 4) is 11.1 Å². The molecule has 0 saturated carbocycles. The highest BCUT2D eigenvalue weighted by Crippen LogP contribution is 2.27. The van der Waals surface area contributed by atoms with Crippen LogP contribution in [0.1, 0.15) is 40.8 Å². The van der Waals surface area contributed by atoms with E-state index in [1.807, 2.05) is 31.3 Å². The highest BCUT2D eigenvalue weighted by atomic mass is 19.1. The molecule has 1 aliphatic heterocycles. The molecule has 1 aliphatic rings. The average molecular weight is 416 g/mol.